The summed E-state index contributed by atoms with van der Waals surface area (Å²) in [5.74, 6) is 0.725. The number of carbonyl (C=O) groups is 2. The van der Waals surface area contributed by atoms with Crippen molar-refractivity contribution >= 4 is 23.5 Å². The average molecular weight is 393 g/mol. The number of hydrogen-bond acceptors (Lipinski definition) is 3. The molecule has 0 spiro atoms. The minimum Gasteiger partial charge on any atom is -0.357 e. The van der Waals surface area contributed by atoms with Gasteiger partial charge in [0.1, 0.15) is 0 Å². The fourth-order valence-corrected chi connectivity index (χ4v) is 3.32. The summed E-state index contributed by atoms with van der Waals surface area (Å²) in [6.07, 6.45) is 0.449. The molecule has 29 heavy (non-hydrogen) atoms. The van der Waals surface area contributed by atoms with Crippen molar-refractivity contribution in [2.45, 2.75) is 25.8 Å². The van der Waals surface area contributed by atoms with Gasteiger partial charge in [-0.3, -0.25) is 9.59 Å². The number of nitrogens with one attached hydrogen (secondary N) is 4. The lowest BCUT2D eigenvalue weighted by molar-refractivity contribution is -0.116. The maximum Gasteiger partial charge on any atom is 0.251 e. The molecule has 2 amide bonds. The second kappa shape index (κ2) is 9.73. The fraction of sp³-hybridized carbons (Fsp3) is 0.318. The molecule has 0 radical (unpaired) electrons. The van der Waals surface area contributed by atoms with Crippen molar-refractivity contribution in [3.8, 4) is 0 Å². The van der Waals surface area contributed by atoms with Crippen LogP contribution in [-0.2, 0) is 11.3 Å². The normalized spacial score (nSPS) is 15.9. The summed E-state index contributed by atoms with van der Waals surface area (Å²) in [7, 11) is 1.61. The largest absolute Gasteiger partial charge is 0.357 e. The summed E-state index contributed by atoms with van der Waals surface area (Å²) < 4.78 is 0. The lowest BCUT2D eigenvalue weighted by atomic mass is 9.90. The fourth-order valence-electron chi connectivity index (χ4n) is 3.32. The molecule has 0 aromatic heterocycles. The van der Waals surface area contributed by atoms with Crippen molar-refractivity contribution in [1.82, 2.24) is 16.0 Å². The smallest absolute Gasteiger partial charge is 0.251 e. The highest BCUT2D eigenvalue weighted by molar-refractivity contribution is 5.95. The summed E-state index contributed by atoms with van der Waals surface area (Å²) in [6.45, 7) is 3.86. The Morgan fingerprint density at radius 1 is 1.14 bits per heavy atom. The van der Waals surface area contributed by atoms with Crippen LogP contribution in [0.25, 0.3) is 0 Å². The van der Waals surface area contributed by atoms with Crippen molar-refractivity contribution in [2.24, 2.45) is 4.99 Å². The number of rotatable bonds is 6. The first-order valence-electron chi connectivity index (χ1n) is 9.82. The Bertz CT molecular complexity index is 892. The van der Waals surface area contributed by atoms with E-state index in [4.69, 9.17) is 0 Å². The Balaban J connectivity index is 1.64. The number of benzene rings is 2. The highest BCUT2D eigenvalue weighted by atomic mass is 16.2. The van der Waals surface area contributed by atoms with E-state index >= 15 is 0 Å². The zero-order valence-electron chi connectivity index (χ0n) is 16.8. The van der Waals surface area contributed by atoms with Crippen molar-refractivity contribution in [3.05, 3.63) is 65.2 Å². The van der Waals surface area contributed by atoms with Gasteiger partial charge in [0.05, 0.1) is 6.54 Å². The molecule has 0 bridgehead atoms. The minimum atomic E-state index is -0.105. The summed E-state index contributed by atoms with van der Waals surface area (Å²) in [4.78, 5) is 28.3. The topological polar surface area (TPSA) is 94.6 Å². The lowest BCUT2D eigenvalue weighted by Crippen LogP contribution is -2.40. The average Bonchev–Trinajstić information content (AvgIpc) is 2.75. The number of hydrogen-bond donors (Lipinski definition) is 4. The molecule has 152 valence electrons. The molecular weight excluding hydrogens is 366 g/mol. The van der Waals surface area contributed by atoms with Crippen LogP contribution in [0.2, 0.25) is 0 Å². The van der Waals surface area contributed by atoms with Gasteiger partial charge in [0.15, 0.2) is 5.96 Å². The van der Waals surface area contributed by atoms with Crippen LogP contribution in [0.4, 0.5) is 5.69 Å². The molecule has 1 unspecified atom stereocenters. The maximum absolute atomic E-state index is 12.0. The van der Waals surface area contributed by atoms with Gasteiger partial charge in [-0.15, -0.1) is 0 Å². The molecule has 1 atom stereocenters. The molecule has 3 rings (SSSR count). The zero-order valence-corrected chi connectivity index (χ0v) is 16.8. The second-order valence-corrected chi connectivity index (χ2v) is 6.89. The Morgan fingerprint density at radius 3 is 2.62 bits per heavy atom. The number of guanidine groups is 1. The van der Waals surface area contributed by atoms with Crippen LogP contribution < -0.4 is 21.3 Å². The predicted molar refractivity (Wildman–Crippen MR) is 115 cm³/mol. The number of amides is 2. The number of carbonyl (C=O) groups excluding carboxylic acids is 2. The Morgan fingerprint density at radius 2 is 1.90 bits per heavy atom. The quantitative estimate of drug-likeness (QED) is 0.447. The number of nitrogens with zero attached hydrogens (tertiary/aromatic N) is 1. The van der Waals surface area contributed by atoms with Gasteiger partial charge in [0.2, 0.25) is 5.91 Å². The maximum atomic E-state index is 12.0. The Hall–Kier alpha value is -3.35. The Kier molecular flexibility index (Phi) is 6.84. The molecule has 1 heterocycles. The molecule has 2 aromatic carbocycles. The van der Waals surface area contributed by atoms with Crippen molar-refractivity contribution in [2.75, 3.05) is 25.5 Å². The van der Waals surface area contributed by atoms with E-state index < -0.39 is 0 Å². The molecule has 2 aromatic rings. The molecule has 0 saturated carbocycles. The van der Waals surface area contributed by atoms with Crippen LogP contribution in [0.1, 0.15) is 40.7 Å². The van der Waals surface area contributed by atoms with Gasteiger partial charge in [0.25, 0.3) is 5.91 Å². The molecule has 0 aliphatic carbocycles. The lowest BCUT2D eigenvalue weighted by Gasteiger charge is -2.26. The van der Waals surface area contributed by atoms with Crippen LogP contribution in [-0.4, -0.2) is 37.9 Å². The van der Waals surface area contributed by atoms with Crippen molar-refractivity contribution < 1.29 is 9.59 Å². The van der Waals surface area contributed by atoms with E-state index in [0.717, 1.165) is 23.4 Å². The highest BCUT2D eigenvalue weighted by Gasteiger charge is 2.24. The van der Waals surface area contributed by atoms with E-state index in [-0.39, 0.29) is 17.7 Å². The monoisotopic (exact) mass is 393 g/mol. The third-order valence-electron chi connectivity index (χ3n) is 4.83. The van der Waals surface area contributed by atoms with E-state index in [1.807, 2.05) is 37.3 Å². The number of anilines is 1. The van der Waals surface area contributed by atoms with Crippen molar-refractivity contribution in [1.29, 1.82) is 0 Å². The summed E-state index contributed by atoms with van der Waals surface area (Å²) in [5.41, 5.74) is 3.66. The van der Waals surface area contributed by atoms with Crippen LogP contribution in [0.5, 0.6) is 0 Å². The summed E-state index contributed by atoms with van der Waals surface area (Å²) in [6, 6.07) is 15.3. The van der Waals surface area contributed by atoms with Gasteiger partial charge in [-0.2, -0.15) is 0 Å². The van der Waals surface area contributed by atoms with Gasteiger partial charge < -0.3 is 21.3 Å². The molecule has 7 heteroatoms. The van der Waals surface area contributed by atoms with E-state index in [0.29, 0.717) is 31.0 Å². The first-order chi connectivity index (χ1) is 14.1. The molecule has 0 fully saturated rings. The second-order valence-electron chi connectivity index (χ2n) is 6.89. The van der Waals surface area contributed by atoms with Gasteiger partial charge in [-0.1, -0.05) is 30.3 Å². The van der Waals surface area contributed by atoms with E-state index in [2.05, 4.69) is 32.3 Å². The minimum absolute atomic E-state index is 0.0358. The molecule has 0 saturated heterocycles. The van der Waals surface area contributed by atoms with Gasteiger partial charge in [0, 0.05) is 43.7 Å². The van der Waals surface area contributed by atoms with Gasteiger partial charge >= 0.3 is 0 Å². The molecule has 1 aliphatic heterocycles. The standard InChI is InChI=1S/C22H27N5O2/c1-3-24-22(25-13-15-8-10-16(11-9-15)21(29)23-2)26-14-17-12-20(28)27-19-7-5-4-6-18(17)19/h4-11,17H,3,12-14H2,1-2H3,(H,23,29)(H,27,28)(H2,24,25,26). The first kappa shape index (κ1) is 20.4. The molecule has 1 aliphatic rings. The summed E-state index contributed by atoms with van der Waals surface area (Å²) >= 11 is 0. The van der Waals surface area contributed by atoms with E-state index in [1.165, 1.54) is 0 Å². The molecular formula is C22H27N5O2. The van der Waals surface area contributed by atoms with E-state index in [9.17, 15) is 9.59 Å². The number of para-hydroxylation sites is 1. The van der Waals surface area contributed by atoms with Gasteiger partial charge in [-0.05, 0) is 36.2 Å². The molecule has 4 N–H and O–H groups in total. The predicted octanol–water partition coefficient (Wildman–Crippen LogP) is 2.23. The number of fused-ring (bicyclic) bond motifs is 1. The molecule has 7 nitrogen and oxygen atoms in total. The van der Waals surface area contributed by atoms with Crippen LogP contribution in [0.15, 0.2) is 53.5 Å². The van der Waals surface area contributed by atoms with Crippen molar-refractivity contribution in [3.63, 3.8) is 0 Å². The third kappa shape index (κ3) is 5.34. The third-order valence-corrected chi connectivity index (χ3v) is 4.83. The number of aliphatic imine (C=N–C) groups is 1. The Labute approximate surface area is 171 Å². The van der Waals surface area contributed by atoms with Crippen LogP contribution >= 0.6 is 0 Å². The van der Waals surface area contributed by atoms with Gasteiger partial charge in [-0.25, -0.2) is 4.99 Å². The zero-order chi connectivity index (χ0) is 20.6. The van der Waals surface area contributed by atoms with Crippen LogP contribution in [0, 0.1) is 0 Å². The SMILES string of the molecule is CCNC(=NCc1ccc(C(=O)NC)cc1)NCC1CC(=O)Nc2ccccc21. The van der Waals surface area contributed by atoms with Crippen LogP contribution in [0.3, 0.4) is 0 Å². The highest BCUT2D eigenvalue weighted by Crippen LogP contribution is 2.31. The summed E-state index contributed by atoms with van der Waals surface area (Å²) in [5, 5.41) is 12.1. The first-order valence-corrected chi connectivity index (χ1v) is 9.82. The van der Waals surface area contributed by atoms with E-state index in [1.54, 1.807) is 19.2 Å².